The monoisotopic (exact) mass is 458 g/mol. The maximum absolute atomic E-state index is 13.0. The number of pyridine rings is 1. The van der Waals surface area contributed by atoms with Gasteiger partial charge in [-0.25, -0.2) is 0 Å². The predicted molar refractivity (Wildman–Crippen MR) is 84.7 cm³/mol. The van der Waals surface area contributed by atoms with Gasteiger partial charge in [0.2, 0.25) is 0 Å². The summed E-state index contributed by atoms with van der Waals surface area (Å²) in [5.74, 6) is -2.02. The third-order valence-electron chi connectivity index (χ3n) is 4.20. The molecule has 0 radical (unpaired) electrons. The van der Waals surface area contributed by atoms with Crippen LogP contribution in [0.2, 0.25) is 0 Å². The molecule has 1 aromatic carbocycles. The Morgan fingerprint density at radius 2 is 1.23 bits per heavy atom. The van der Waals surface area contributed by atoms with Crippen molar-refractivity contribution in [3.05, 3.63) is 64.5 Å². The minimum Gasteiger partial charge on any atom is -0.387 e. The Bertz CT molecular complexity index is 928. The number of aromatic nitrogens is 1. The molecule has 0 aliphatic heterocycles. The Balaban J connectivity index is 2.45. The molecule has 0 amide bonds. The molecule has 168 valence electrons. The number of alkyl halides is 9. The maximum atomic E-state index is 13.0. The molecule has 0 saturated carbocycles. The number of rotatable bonds is 4. The number of nitriles is 1. The van der Waals surface area contributed by atoms with E-state index in [0.29, 0.717) is 18.3 Å². The van der Waals surface area contributed by atoms with Gasteiger partial charge in [0.1, 0.15) is 11.6 Å². The van der Waals surface area contributed by atoms with E-state index >= 15 is 0 Å². The highest BCUT2D eigenvalue weighted by molar-refractivity contribution is 5.36. The summed E-state index contributed by atoms with van der Waals surface area (Å²) >= 11 is 0. The van der Waals surface area contributed by atoms with Gasteiger partial charge in [0.25, 0.3) is 0 Å². The number of aliphatic hydroxyl groups is 2. The highest BCUT2D eigenvalue weighted by Crippen LogP contribution is 2.40. The Labute approximate surface area is 168 Å². The standard InChI is InChI=1S/C18H11F9N2O2/c19-16(20,21)10-3-9(4-11(5-10)17(22,23)24)15(31)12(6-28)14(30)8-1-2-13(29-7-8)18(25,26)27/h1-5,7,12,14-15,30-31H. The molecule has 2 N–H and O–H groups in total. The van der Waals surface area contributed by atoms with Gasteiger partial charge in [-0.3, -0.25) is 4.98 Å². The molecular weight excluding hydrogens is 447 g/mol. The SMILES string of the molecule is N#CC(C(O)c1ccc(C(F)(F)F)nc1)C(O)c1cc(C(F)(F)F)cc(C(F)(F)F)c1. The van der Waals surface area contributed by atoms with Gasteiger partial charge in [0.15, 0.2) is 0 Å². The van der Waals surface area contributed by atoms with Crippen LogP contribution in [-0.4, -0.2) is 15.2 Å². The van der Waals surface area contributed by atoms with Gasteiger partial charge in [0.05, 0.1) is 29.4 Å². The zero-order valence-electron chi connectivity index (χ0n) is 14.9. The van der Waals surface area contributed by atoms with Crippen LogP contribution in [0.15, 0.2) is 36.5 Å². The van der Waals surface area contributed by atoms with Crippen LogP contribution in [0.1, 0.15) is 40.2 Å². The summed E-state index contributed by atoms with van der Waals surface area (Å²) in [5, 5.41) is 29.7. The second-order valence-electron chi connectivity index (χ2n) is 6.36. The molecular formula is C18H11F9N2O2. The lowest BCUT2D eigenvalue weighted by atomic mass is 9.87. The van der Waals surface area contributed by atoms with Crippen LogP contribution >= 0.6 is 0 Å². The Kier molecular flexibility index (Phi) is 6.58. The second kappa shape index (κ2) is 8.35. The van der Waals surface area contributed by atoms with E-state index < -0.39 is 64.6 Å². The van der Waals surface area contributed by atoms with Crippen molar-refractivity contribution in [2.24, 2.45) is 5.92 Å². The second-order valence-corrected chi connectivity index (χ2v) is 6.36. The Morgan fingerprint density at radius 1 is 0.742 bits per heavy atom. The van der Waals surface area contributed by atoms with Crippen LogP contribution < -0.4 is 0 Å². The van der Waals surface area contributed by atoms with Gasteiger partial charge < -0.3 is 10.2 Å². The predicted octanol–water partition coefficient (Wildman–Crippen LogP) is 5.04. The molecule has 1 aromatic heterocycles. The highest BCUT2D eigenvalue weighted by Gasteiger charge is 2.39. The van der Waals surface area contributed by atoms with Crippen LogP contribution in [0.3, 0.4) is 0 Å². The summed E-state index contributed by atoms with van der Waals surface area (Å²) in [6, 6.07) is 2.69. The van der Waals surface area contributed by atoms with Crippen molar-refractivity contribution in [1.82, 2.24) is 4.98 Å². The number of halogens is 9. The first-order valence-electron chi connectivity index (χ1n) is 8.14. The molecule has 3 unspecified atom stereocenters. The molecule has 2 rings (SSSR count). The number of nitrogens with zero attached hydrogens (tertiary/aromatic N) is 2. The van der Waals surface area contributed by atoms with Gasteiger partial charge in [0, 0.05) is 11.8 Å². The number of hydrogen-bond donors (Lipinski definition) is 2. The molecule has 0 bridgehead atoms. The van der Waals surface area contributed by atoms with E-state index in [1.54, 1.807) is 0 Å². The molecule has 2 aromatic rings. The van der Waals surface area contributed by atoms with E-state index in [2.05, 4.69) is 4.98 Å². The van der Waals surface area contributed by atoms with E-state index in [1.165, 1.54) is 6.07 Å². The minimum absolute atomic E-state index is 0.183. The van der Waals surface area contributed by atoms with E-state index in [-0.39, 0.29) is 18.2 Å². The van der Waals surface area contributed by atoms with Crippen molar-refractivity contribution >= 4 is 0 Å². The molecule has 0 aliphatic rings. The van der Waals surface area contributed by atoms with Crippen molar-refractivity contribution in [2.75, 3.05) is 0 Å². The summed E-state index contributed by atoms with van der Waals surface area (Å²) < 4.78 is 116. The van der Waals surface area contributed by atoms with Crippen LogP contribution in [0.5, 0.6) is 0 Å². The lowest BCUT2D eigenvalue weighted by Gasteiger charge is -2.24. The van der Waals surface area contributed by atoms with Gasteiger partial charge in [-0.05, 0) is 29.8 Å². The molecule has 31 heavy (non-hydrogen) atoms. The van der Waals surface area contributed by atoms with Crippen molar-refractivity contribution in [3.63, 3.8) is 0 Å². The average Bonchev–Trinajstić information content (AvgIpc) is 2.66. The molecule has 3 atom stereocenters. The Morgan fingerprint density at radius 3 is 1.58 bits per heavy atom. The molecule has 0 fully saturated rings. The van der Waals surface area contributed by atoms with Gasteiger partial charge in [-0.1, -0.05) is 6.07 Å². The first kappa shape index (κ1) is 24.4. The van der Waals surface area contributed by atoms with Crippen LogP contribution in [0, 0.1) is 17.2 Å². The molecule has 13 heteroatoms. The smallest absolute Gasteiger partial charge is 0.387 e. The third kappa shape index (κ3) is 5.65. The topological polar surface area (TPSA) is 77.1 Å². The fourth-order valence-electron chi connectivity index (χ4n) is 2.63. The minimum atomic E-state index is -5.21. The highest BCUT2D eigenvalue weighted by atomic mass is 19.4. The number of aliphatic hydroxyl groups excluding tert-OH is 2. The number of hydrogen-bond acceptors (Lipinski definition) is 4. The van der Waals surface area contributed by atoms with E-state index in [0.717, 1.165) is 0 Å². The molecule has 0 spiro atoms. The van der Waals surface area contributed by atoms with Gasteiger partial charge in [-0.2, -0.15) is 44.8 Å². The van der Waals surface area contributed by atoms with Crippen LogP contribution in [0.4, 0.5) is 39.5 Å². The first-order valence-corrected chi connectivity index (χ1v) is 8.14. The summed E-state index contributed by atoms with van der Waals surface area (Å²) in [4.78, 5) is 3.04. The first-order chi connectivity index (χ1) is 14.1. The van der Waals surface area contributed by atoms with Crippen molar-refractivity contribution in [3.8, 4) is 6.07 Å². The molecule has 1 heterocycles. The zero-order valence-corrected chi connectivity index (χ0v) is 14.9. The lowest BCUT2D eigenvalue weighted by molar-refractivity contribution is -0.143. The summed E-state index contributed by atoms with van der Waals surface area (Å²) in [6.45, 7) is 0. The fraction of sp³-hybridized carbons (Fsp3) is 0.333. The van der Waals surface area contributed by atoms with Crippen molar-refractivity contribution < 1.29 is 49.7 Å². The third-order valence-corrected chi connectivity index (χ3v) is 4.20. The number of benzene rings is 1. The zero-order chi connectivity index (χ0) is 23.8. The van der Waals surface area contributed by atoms with Crippen LogP contribution in [-0.2, 0) is 18.5 Å². The quantitative estimate of drug-likeness (QED) is 0.630. The largest absolute Gasteiger partial charge is 0.433 e. The lowest BCUT2D eigenvalue weighted by Crippen LogP contribution is -2.21. The van der Waals surface area contributed by atoms with Crippen molar-refractivity contribution in [2.45, 2.75) is 30.7 Å². The average molecular weight is 458 g/mol. The van der Waals surface area contributed by atoms with E-state index in [1.807, 2.05) is 0 Å². The van der Waals surface area contributed by atoms with E-state index in [9.17, 15) is 55.0 Å². The van der Waals surface area contributed by atoms with E-state index in [4.69, 9.17) is 0 Å². The fourth-order valence-corrected chi connectivity index (χ4v) is 2.63. The molecule has 4 nitrogen and oxygen atoms in total. The van der Waals surface area contributed by atoms with Crippen molar-refractivity contribution in [1.29, 1.82) is 5.26 Å². The summed E-state index contributed by atoms with van der Waals surface area (Å²) in [5.41, 5.74) is -6.23. The summed E-state index contributed by atoms with van der Waals surface area (Å²) in [6.07, 6.45) is -19.1. The Hall–Kier alpha value is -2.85. The summed E-state index contributed by atoms with van der Waals surface area (Å²) in [7, 11) is 0. The molecule has 0 saturated heterocycles. The van der Waals surface area contributed by atoms with Gasteiger partial charge in [-0.15, -0.1) is 0 Å². The maximum Gasteiger partial charge on any atom is 0.433 e. The van der Waals surface area contributed by atoms with Gasteiger partial charge >= 0.3 is 18.5 Å². The normalized spacial score (nSPS) is 15.8. The molecule has 0 aliphatic carbocycles. The van der Waals surface area contributed by atoms with Crippen LogP contribution in [0.25, 0.3) is 0 Å².